The summed E-state index contributed by atoms with van der Waals surface area (Å²) >= 11 is 0. The van der Waals surface area contributed by atoms with Crippen LogP contribution >= 0.6 is 0 Å². The van der Waals surface area contributed by atoms with Crippen molar-refractivity contribution in [3.8, 4) is 11.3 Å². The van der Waals surface area contributed by atoms with Gasteiger partial charge in [-0.05, 0) is 43.0 Å². The van der Waals surface area contributed by atoms with Gasteiger partial charge in [0.25, 0.3) is 0 Å². The van der Waals surface area contributed by atoms with E-state index in [2.05, 4.69) is 10.3 Å². The molecular weight excluding hydrogens is 388 g/mol. The fourth-order valence-electron chi connectivity index (χ4n) is 3.26. The van der Waals surface area contributed by atoms with E-state index in [4.69, 9.17) is 0 Å². The molecule has 2 aromatic rings. The average molecular weight is 409 g/mol. The van der Waals surface area contributed by atoms with Crippen molar-refractivity contribution in [1.29, 1.82) is 0 Å². The van der Waals surface area contributed by atoms with Crippen molar-refractivity contribution in [2.24, 2.45) is 5.92 Å². The number of hydrogen-bond acceptors (Lipinski definition) is 4. The molecule has 0 radical (unpaired) electrons. The summed E-state index contributed by atoms with van der Waals surface area (Å²) in [7, 11) is -3.18. The number of pyridine rings is 1. The number of rotatable bonds is 5. The van der Waals surface area contributed by atoms with Crippen LogP contribution in [0.25, 0.3) is 11.3 Å². The summed E-state index contributed by atoms with van der Waals surface area (Å²) in [6, 6.07) is 6.36. The van der Waals surface area contributed by atoms with Gasteiger partial charge in [-0.25, -0.2) is 21.5 Å². The minimum Gasteiger partial charge on any atom is -0.325 e. The van der Waals surface area contributed by atoms with E-state index in [1.54, 1.807) is 12.1 Å². The molecule has 1 amide bonds. The molecule has 0 unspecified atom stereocenters. The van der Waals surface area contributed by atoms with Gasteiger partial charge >= 0.3 is 0 Å². The van der Waals surface area contributed by atoms with E-state index in [-0.39, 0.29) is 11.8 Å². The predicted molar refractivity (Wildman–Crippen MR) is 102 cm³/mol. The lowest BCUT2D eigenvalue weighted by Crippen LogP contribution is -2.38. The van der Waals surface area contributed by atoms with Gasteiger partial charge in [-0.3, -0.25) is 9.78 Å². The van der Waals surface area contributed by atoms with Crippen molar-refractivity contribution < 1.29 is 22.0 Å². The number of hydrogen-bond donors (Lipinski definition) is 1. The number of anilines is 1. The highest BCUT2D eigenvalue weighted by Crippen LogP contribution is 2.24. The molecule has 1 aliphatic rings. The number of nitrogens with zero attached hydrogens (tertiary/aromatic N) is 2. The van der Waals surface area contributed by atoms with Gasteiger partial charge in [-0.15, -0.1) is 0 Å². The fourth-order valence-corrected chi connectivity index (χ4v) is 4.13. The Labute approximate surface area is 162 Å². The zero-order valence-corrected chi connectivity index (χ0v) is 16.2. The minimum atomic E-state index is -3.18. The molecule has 0 aliphatic carbocycles. The number of halogens is 2. The van der Waals surface area contributed by atoms with Crippen LogP contribution in [0.5, 0.6) is 0 Å². The highest BCUT2D eigenvalue weighted by atomic mass is 32.2. The lowest BCUT2D eigenvalue weighted by atomic mass is 9.94. The number of aromatic nitrogens is 1. The SMILES string of the molecule is CS(=O)(=O)N1CCC(CC(=O)Nc2ccc(-c3cc(F)cc(F)c3)nc2)CC1. The third kappa shape index (κ3) is 5.32. The normalized spacial score (nSPS) is 16.1. The molecule has 0 bridgehead atoms. The van der Waals surface area contributed by atoms with Crippen LogP contribution in [0.2, 0.25) is 0 Å². The van der Waals surface area contributed by atoms with E-state index >= 15 is 0 Å². The first-order valence-corrected chi connectivity index (χ1v) is 10.7. The van der Waals surface area contributed by atoms with Gasteiger partial charge in [-0.1, -0.05) is 0 Å². The van der Waals surface area contributed by atoms with Gasteiger partial charge in [-0.2, -0.15) is 0 Å². The first-order valence-electron chi connectivity index (χ1n) is 8.88. The van der Waals surface area contributed by atoms with Gasteiger partial charge < -0.3 is 5.32 Å². The van der Waals surface area contributed by atoms with Crippen LogP contribution < -0.4 is 5.32 Å². The van der Waals surface area contributed by atoms with E-state index < -0.39 is 21.7 Å². The second-order valence-corrected chi connectivity index (χ2v) is 8.93. The summed E-state index contributed by atoms with van der Waals surface area (Å²) in [5, 5.41) is 2.75. The number of carbonyl (C=O) groups excluding carboxylic acids is 1. The third-order valence-corrected chi connectivity index (χ3v) is 6.03. The van der Waals surface area contributed by atoms with Gasteiger partial charge in [0, 0.05) is 31.1 Å². The number of carbonyl (C=O) groups is 1. The molecule has 1 aliphatic heterocycles. The molecule has 0 atom stereocenters. The van der Waals surface area contributed by atoms with Crippen molar-refractivity contribution in [3.63, 3.8) is 0 Å². The molecule has 1 aromatic carbocycles. The maximum Gasteiger partial charge on any atom is 0.224 e. The van der Waals surface area contributed by atoms with E-state index in [1.807, 2.05) is 0 Å². The molecule has 0 saturated carbocycles. The Balaban J connectivity index is 1.55. The summed E-state index contributed by atoms with van der Waals surface area (Å²) in [4.78, 5) is 16.4. The lowest BCUT2D eigenvalue weighted by Gasteiger charge is -2.29. The molecule has 1 saturated heterocycles. The first-order chi connectivity index (χ1) is 13.2. The Hall–Kier alpha value is -2.39. The standard InChI is InChI=1S/C19H21F2N3O3S/c1-28(26,27)24-6-4-13(5-7-24)8-19(25)23-17-2-3-18(22-12-17)14-9-15(20)11-16(21)10-14/h2-3,9-13H,4-8H2,1H3,(H,23,25). The topological polar surface area (TPSA) is 79.4 Å². The maximum absolute atomic E-state index is 13.3. The van der Waals surface area contributed by atoms with E-state index in [0.717, 1.165) is 6.07 Å². The number of amides is 1. The Morgan fingerprint density at radius 1 is 1.18 bits per heavy atom. The van der Waals surface area contributed by atoms with Crippen LogP contribution in [-0.4, -0.2) is 43.0 Å². The lowest BCUT2D eigenvalue weighted by molar-refractivity contribution is -0.117. The summed E-state index contributed by atoms with van der Waals surface area (Å²) < 4.78 is 51.1. The second kappa shape index (κ2) is 8.32. The summed E-state index contributed by atoms with van der Waals surface area (Å²) in [5.74, 6) is -1.42. The van der Waals surface area contributed by atoms with Crippen molar-refractivity contribution in [3.05, 3.63) is 48.2 Å². The zero-order chi connectivity index (χ0) is 20.3. The van der Waals surface area contributed by atoms with Gasteiger partial charge in [0.2, 0.25) is 15.9 Å². The first kappa shape index (κ1) is 20.3. The number of benzene rings is 1. The molecule has 2 heterocycles. The Kier molecular flexibility index (Phi) is 6.04. The van der Waals surface area contributed by atoms with Crippen LogP contribution in [0.3, 0.4) is 0 Å². The highest BCUT2D eigenvalue weighted by molar-refractivity contribution is 7.88. The van der Waals surface area contributed by atoms with Crippen LogP contribution in [0.1, 0.15) is 19.3 Å². The summed E-state index contributed by atoms with van der Waals surface area (Å²) in [5.41, 5.74) is 1.19. The molecule has 0 spiro atoms. The molecule has 1 N–H and O–H groups in total. The monoisotopic (exact) mass is 409 g/mol. The summed E-state index contributed by atoms with van der Waals surface area (Å²) in [6.45, 7) is 0.856. The van der Waals surface area contributed by atoms with Crippen molar-refractivity contribution in [2.75, 3.05) is 24.7 Å². The minimum absolute atomic E-state index is 0.125. The Morgan fingerprint density at radius 2 is 1.82 bits per heavy atom. The van der Waals surface area contributed by atoms with Gasteiger partial charge in [0.05, 0.1) is 23.8 Å². The number of sulfonamides is 1. The van der Waals surface area contributed by atoms with E-state index in [0.29, 0.717) is 49.3 Å². The molecular formula is C19H21F2N3O3S. The molecule has 1 fully saturated rings. The fraction of sp³-hybridized carbons (Fsp3) is 0.368. The smallest absolute Gasteiger partial charge is 0.224 e. The molecule has 6 nitrogen and oxygen atoms in total. The van der Waals surface area contributed by atoms with Crippen LogP contribution in [-0.2, 0) is 14.8 Å². The summed E-state index contributed by atoms with van der Waals surface area (Å²) in [6.07, 6.45) is 4.21. The maximum atomic E-state index is 13.3. The predicted octanol–water partition coefficient (Wildman–Crippen LogP) is 3.03. The van der Waals surface area contributed by atoms with E-state index in [1.165, 1.54) is 28.9 Å². The number of piperidine rings is 1. The molecule has 3 rings (SSSR count). The third-order valence-electron chi connectivity index (χ3n) is 4.72. The molecule has 1 aromatic heterocycles. The molecule has 28 heavy (non-hydrogen) atoms. The highest BCUT2D eigenvalue weighted by Gasteiger charge is 2.26. The molecule has 9 heteroatoms. The Morgan fingerprint density at radius 3 is 2.36 bits per heavy atom. The van der Waals surface area contributed by atoms with Crippen molar-refractivity contribution in [2.45, 2.75) is 19.3 Å². The van der Waals surface area contributed by atoms with Gasteiger partial charge in [0.15, 0.2) is 0 Å². The van der Waals surface area contributed by atoms with E-state index in [9.17, 15) is 22.0 Å². The van der Waals surface area contributed by atoms with Gasteiger partial charge in [0.1, 0.15) is 11.6 Å². The van der Waals surface area contributed by atoms with Crippen LogP contribution in [0.4, 0.5) is 14.5 Å². The van der Waals surface area contributed by atoms with Crippen LogP contribution in [0.15, 0.2) is 36.5 Å². The average Bonchev–Trinajstić information content (AvgIpc) is 2.61. The Bertz CT molecular complexity index is 937. The quantitative estimate of drug-likeness (QED) is 0.823. The zero-order valence-electron chi connectivity index (χ0n) is 15.4. The number of nitrogens with one attached hydrogen (secondary N) is 1. The molecule has 150 valence electrons. The second-order valence-electron chi connectivity index (χ2n) is 6.95. The largest absolute Gasteiger partial charge is 0.325 e. The van der Waals surface area contributed by atoms with Crippen molar-refractivity contribution in [1.82, 2.24) is 9.29 Å². The van der Waals surface area contributed by atoms with Crippen LogP contribution in [0, 0.1) is 17.6 Å². The van der Waals surface area contributed by atoms with Crippen molar-refractivity contribution >= 4 is 21.6 Å².